The Morgan fingerprint density at radius 3 is 2.31 bits per heavy atom. The van der Waals surface area contributed by atoms with Crippen LogP contribution in [0.3, 0.4) is 0 Å². The molecule has 0 saturated heterocycles. The topological polar surface area (TPSA) is 50.1 Å². The Labute approximate surface area is 160 Å². The van der Waals surface area contributed by atoms with Crippen LogP contribution in [0.25, 0.3) is 0 Å². The number of esters is 1. The maximum atomic E-state index is 12.5. The predicted molar refractivity (Wildman–Crippen MR) is 105 cm³/mol. The van der Waals surface area contributed by atoms with E-state index in [0.717, 1.165) is 63.2 Å². The molecule has 2 fully saturated rings. The molecule has 3 nitrogen and oxygen atoms in total. The third kappa shape index (κ3) is 7.52. The lowest BCUT2D eigenvalue weighted by Crippen LogP contribution is -2.30. The standard InChI is InChI=1S/C23H37NO2/c1-2-3-5-8-19-10-14-21(15-11-19)23(25)26-22-16-12-20(13-17-22)9-6-4-7-18-24/h4,7,19-22H,2-3,5-6,8-17H2,1H3/b7-4+. The quantitative estimate of drug-likeness (QED) is 0.274. The number of allylic oxidation sites excluding steroid dienone is 2. The van der Waals surface area contributed by atoms with Crippen molar-refractivity contribution in [3.63, 3.8) is 0 Å². The Hall–Kier alpha value is -1.30. The molecular weight excluding hydrogens is 322 g/mol. The fourth-order valence-corrected chi connectivity index (χ4v) is 4.64. The molecule has 0 bridgehead atoms. The summed E-state index contributed by atoms with van der Waals surface area (Å²) in [6, 6.07) is 2.04. The van der Waals surface area contributed by atoms with E-state index in [-0.39, 0.29) is 18.0 Å². The highest BCUT2D eigenvalue weighted by molar-refractivity contribution is 5.72. The highest BCUT2D eigenvalue weighted by Gasteiger charge is 2.30. The minimum absolute atomic E-state index is 0.0809. The monoisotopic (exact) mass is 359 g/mol. The summed E-state index contributed by atoms with van der Waals surface area (Å²) in [5.41, 5.74) is 0. The number of hydrogen-bond donors (Lipinski definition) is 0. The van der Waals surface area contributed by atoms with Crippen molar-refractivity contribution in [2.45, 2.75) is 103 Å². The molecule has 0 aromatic heterocycles. The number of unbranched alkanes of at least 4 members (excludes halogenated alkanes) is 2. The molecule has 2 rings (SSSR count). The molecule has 2 saturated carbocycles. The average molecular weight is 360 g/mol. The minimum atomic E-state index is 0.0809. The highest BCUT2D eigenvalue weighted by Crippen LogP contribution is 2.34. The van der Waals surface area contributed by atoms with Crippen LogP contribution in [0.5, 0.6) is 0 Å². The van der Waals surface area contributed by atoms with Crippen LogP contribution in [0.1, 0.15) is 96.8 Å². The summed E-state index contributed by atoms with van der Waals surface area (Å²) < 4.78 is 5.86. The molecule has 3 heteroatoms. The Morgan fingerprint density at radius 2 is 1.65 bits per heavy atom. The van der Waals surface area contributed by atoms with Crippen molar-refractivity contribution < 1.29 is 9.53 Å². The van der Waals surface area contributed by atoms with Gasteiger partial charge in [0.25, 0.3) is 0 Å². The number of nitriles is 1. The van der Waals surface area contributed by atoms with Gasteiger partial charge in [0.15, 0.2) is 0 Å². The van der Waals surface area contributed by atoms with Crippen molar-refractivity contribution in [2.75, 3.05) is 0 Å². The van der Waals surface area contributed by atoms with Gasteiger partial charge < -0.3 is 4.74 Å². The van der Waals surface area contributed by atoms with Gasteiger partial charge in [-0.25, -0.2) is 0 Å². The van der Waals surface area contributed by atoms with Crippen molar-refractivity contribution in [1.82, 2.24) is 0 Å². The van der Waals surface area contributed by atoms with E-state index in [1.54, 1.807) is 6.08 Å². The fraction of sp³-hybridized carbons (Fsp3) is 0.826. The van der Waals surface area contributed by atoms with Crippen LogP contribution in [0, 0.1) is 29.1 Å². The van der Waals surface area contributed by atoms with Crippen molar-refractivity contribution >= 4 is 5.97 Å². The molecule has 0 heterocycles. The minimum Gasteiger partial charge on any atom is -0.462 e. The zero-order chi connectivity index (χ0) is 18.6. The van der Waals surface area contributed by atoms with Gasteiger partial charge in [-0.15, -0.1) is 0 Å². The van der Waals surface area contributed by atoms with Gasteiger partial charge in [-0.1, -0.05) is 38.7 Å². The number of rotatable bonds is 9. The normalized spacial score (nSPS) is 29.4. The first kappa shape index (κ1) is 21.0. The molecule has 2 aliphatic rings. The van der Waals surface area contributed by atoms with Gasteiger partial charge in [0.2, 0.25) is 0 Å². The Morgan fingerprint density at radius 1 is 1.00 bits per heavy atom. The van der Waals surface area contributed by atoms with Crippen LogP contribution >= 0.6 is 0 Å². The number of nitrogens with zero attached hydrogens (tertiary/aromatic N) is 1. The van der Waals surface area contributed by atoms with Crippen LogP contribution in [-0.4, -0.2) is 12.1 Å². The van der Waals surface area contributed by atoms with Crippen LogP contribution in [0.4, 0.5) is 0 Å². The van der Waals surface area contributed by atoms with Gasteiger partial charge in [0, 0.05) is 6.08 Å². The molecule has 0 unspecified atom stereocenters. The molecule has 0 aromatic rings. The summed E-state index contributed by atoms with van der Waals surface area (Å²) in [7, 11) is 0. The first-order valence-electron chi connectivity index (χ1n) is 11.0. The van der Waals surface area contributed by atoms with E-state index in [9.17, 15) is 4.79 Å². The predicted octanol–water partition coefficient (Wildman–Crippen LogP) is 6.34. The lowest BCUT2D eigenvalue weighted by molar-refractivity contribution is -0.157. The number of carbonyl (C=O) groups is 1. The van der Waals surface area contributed by atoms with E-state index >= 15 is 0 Å². The van der Waals surface area contributed by atoms with E-state index in [1.807, 2.05) is 12.1 Å². The summed E-state index contributed by atoms with van der Waals surface area (Å²) in [6.07, 6.45) is 20.0. The lowest BCUT2D eigenvalue weighted by Gasteiger charge is -2.31. The third-order valence-electron chi connectivity index (χ3n) is 6.41. The van der Waals surface area contributed by atoms with Gasteiger partial charge in [0.05, 0.1) is 12.0 Å². The summed E-state index contributed by atoms with van der Waals surface area (Å²) in [4.78, 5) is 12.5. The number of hydrogen-bond acceptors (Lipinski definition) is 3. The summed E-state index contributed by atoms with van der Waals surface area (Å²) in [6.45, 7) is 2.26. The summed E-state index contributed by atoms with van der Waals surface area (Å²) in [5.74, 6) is 1.81. The van der Waals surface area contributed by atoms with Gasteiger partial charge >= 0.3 is 5.97 Å². The molecule has 0 aliphatic heterocycles. The lowest BCUT2D eigenvalue weighted by atomic mass is 9.79. The highest BCUT2D eigenvalue weighted by atomic mass is 16.5. The molecule has 0 aromatic carbocycles. The van der Waals surface area contributed by atoms with Crippen molar-refractivity contribution in [1.29, 1.82) is 5.26 Å². The smallest absolute Gasteiger partial charge is 0.309 e. The van der Waals surface area contributed by atoms with E-state index < -0.39 is 0 Å². The largest absolute Gasteiger partial charge is 0.462 e. The third-order valence-corrected chi connectivity index (χ3v) is 6.41. The van der Waals surface area contributed by atoms with Gasteiger partial charge in [-0.05, 0) is 76.0 Å². The second-order valence-electron chi connectivity index (χ2n) is 8.40. The molecule has 146 valence electrons. The molecule has 0 spiro atoms. The maximum Gasteiger partial charge on any atom is 0.309 e. The van der Waals surface area contributed by atoms with E-state index in [2.05, 4.69) is 6.92 Å². The van der Waals surface area contributed by atoms with Crippen LogP contribution < -0.4 is 0 Å². The summed E-state index contributed by atoms with van der Waals surface area (Å²) in [5, 5.41) is 8.51. The molecule has 0 atom stereocenters. The summed E-state index contributed by atoms with van der Waals surface area (Å²) >= 11 is 0. The van der Waals surface area contributed by atoms with Crippen molar-refractivity contribution in [3.8, 4) is 6.07 Å². The SMILES string of the molecule is CCCCCC1CCC(C(=O)OC2CCC(CC/C=C/C#N)CC2)CC1. The maximum absolute atomic E-state index is 12.5. The molecule has 26 heavy (non-hydrogen) atoms. The first-order chi connectivity index (χ1) is 12.7. The van der Waals surface area contributed by atoms with Gasteiger partial charge in [-0.3, -0.25) is 4.79 Å². The van der Waals surface area contributed by atoms with Crippen LogP contribution in [0.2, 0.25) is 0 Å². The van der Waals surface area contributed by atoms with Gasteiger partial charge in [0.1, 0.15) is 6.10 Å². The first-order valence-corrected chi connectivity index (χ1v) is 11.0. The van der Waals surface area contributed by atoms with E-state index in [4.69, 9.17) is 10.00 Å². The van der Waals surface area contributed by atoms with E-state index in [1.165, 1.54) is 38.5 Å². The molecular formula is C23H37NO2. The molecule has 0 radical (unpaired) electrons. The zero-order valence-electron chi connectivity index (χ0n) is 16.6. The Bertz CT molecular complexity index is 463. The number of ether oxygens (including phenoxy) is 1. The second kappa shape index (κ2) is 12.2. The van der Waals surface area contributed by atoms with Crippen LogP contribution in [0.15, 0.2) is 12.2 Å². The Balaban J connectivity index is 1.59. The Kier molecular flexibility index (Phi) is 9.82. The molecule has 0 N–H and O–H groups in total. The molecule has 2 aliphatic carbocycles. The number of carbonyl (C=O) groups excluding carboxylic acids is 1. The fourth-order valence-electron chi connectivity index (χ4n) is 4.64. The van der Waals surface area contributed by atoms with Gasteiger partial charge in [-0.2, -0.15) is 5.26 Å². The van der Waals surface area contributed by atoms with Crippen LogP contribution in [-0.2, 0) is 9.53 Å². The van der Waals surface area contributed by atoms with E-state index in [0.29, 0.717) is 0 Å². The van der Waals surface area contributed by atoms with Crippen molar-refractivity contribution in [3.05, 3.63) is 12.2 Å². The average Bonchev–Trinajstić information content (AvgIpc) is 2.67. The van der Waals surface area contributed by atoms with Crippen molar-refractivity contribution in [2.24, 2.45) is 17.8 Å². The zero-order valence-corrected chi connectivity index (χ0v) is 16.6. The second-order valence-corrected chi connectivity index (χ2v) is 8.40. The molecule has 0 amide bonds.